The molecule has 3 nitrogen and oxygen atoms in total. The smallest absolute Gasteiger partial charge is 0.119 e. The molecule has 28 heavy (non-hydrogen) atoms. The van der Waals surface area contributed by atoms with Crippen LogP contribution in [0.1, 0.15) is 25.0 Å². The minimum absolute atomic E-state index is 0.523. The molecule has 0 aliphatic rings. The SMILES string of the molecule is CC(C)COc1cccc(CNc2ccc(OCCc3ccccc3)cc2)c1. The number of nitrogens with one attached hydrogen (secondary N) is 1. The van der Waals surface area contributed by atoms with Gasteiger partial charge in [0.25, 0.3) is 0 Å². The molecular weight excluding hydrogens is 346 g/mol. The maximum atomic E-state index is 5.85. The van der Waals surface area contributed by atoms with Gasteiger partial charge in [0, 0.05) is 18.7 Å². The molecule has 0 amide bonds. The van der Waals surface area contributed by atoms with Crippen LogP contribution < -0.4 is 14.8 Å². The maximum absolute atomic E-state index is 5.85. The van der Waals surface area contributed by atoms with Crippen LogP contribution in [-0.4, -0.2) is 13.2 Å². The molecular formula is C25H29NO2. The molecule has 3 heteroatoms. The molecule has 0 saturated heterocycles. The second kappa shape index (κ2) is 10.4. The van der Waals surface area contributed by atoms with E-state index < -0.39 is 0 Å². The van der Waals surface area contributed by atoms with Crippen molar-refractivity contribution >= 4 is 5.69 Å². The predicted molar refractivity (Wildman–Crippen MR) is 116 cm³/mol. The summed E-state index contributed by atoms with van der Waals surface area (Å²) in [5.74, 6) is 2.34. The Morgan fingerprint density at radius 1 is 0.750 bits per heavy atom. The lowest BCUT2D eigenvalue weighted by Crippen LogP contribution is -2.05. The molecule has 3 aromatic rings. The third-order valence-electron chi connectivity index (χ3n) is 4.34. The van der Waals surface area contributed by atoms with E-state index in [-0.39, 0.29) is 0 Å². The normalized spacial score (nSPS) is 10.7. The van der Waals surface area contributed by atoms with Crippen LogP contribution >= 0.6 is 0 Å². The van der Waals surface area contributed by atoms with Gasteiger partial charge in [-0.15, -0.1) is 0 Å². The Hall–Kier alpha value is -2.94. The van der Waals surface area contributed by atoms with Crippen molar-refractivity contribution in [1.29, 1.82) is 0 Å². The van der Waals surface area contributed by atoms with Gasteiger partial charge < -0.3 is 14.8 Å². The highest BCUT2D eigenvalue weighted by molar-refractivity contribution is 5.47. The Morgan fingerprint density at radius 2 is 1.50 bits per heavy atom. The van der Waals surface area contributed by atoms with Crippen LogP contribution in [0, 0.1) is 5.92 Å². The number of hydrogen-bond acceptors (Lipinski definition) is 3. The summed E-state index contributed by atoms with van der Waals surface area (Å²) in [4.78, 5) is 0. The monoisotopic (exact) mass is 375 g/mol. The van der Waals surface area contributed by atoms with E-state index in [9.17, 15) is 0 Å². The summed E-state index contributed by atoms with van der Waals surface area (Å²) in [6, 6.07) is 26.8. The molecule has 0 heterocycles. The first kappa shape index (κ1) is 19.8. The van der Waals surface area contributed by atoms with Gasteiger partial charge in [-0.1, -0.05) is 56.3 Å². The highest BCUT2D eigenvalue weighted by Crippen LogP contribution is 2.19. The first-order valence-corrected chi connectivity index (χ1v) is 9.91. The lowest BCUT2D eigenvalue weighted by Gasteiger charge is -2.11. The number of benzene rings is 3. The second-order valence-corrected chi connectivity index (χ2v) is 7.31. The molecule has 0 aliphatic heterocycles. The molecule has 3 rings (SSSR count). The fourth-order valence-electron chi connectivity index (χ4n) is 2.81. The minimum Gasteiger partial charge on any atom is -0.493 e. The van der Waals surface area contributed by atoms with Crippen molar-refractivity contribution in [2.45, 2.75) is 26.8 Å². The number of rotatable bonds is 10. The summed E-state index contributed by atoms with van der Waals surface area (Å²) in [6.45, 7) is 6.48. The quantitative estimate of drug-likeness (QED) is 0.474. The van der Waals surface area contributed by atoms with Crippen molar-refractivity contribution in [2.24, 2.45) is 5.92 Å². The van der Waals surface area contributed by atoms with Gasteiger partial charge in [-0.25, -0.2) is 0 Å². The lowest BCUT2D eigenvalue weighted by atomic mass is 10.2. The molecule has 1 N–H and O–H groups in total. The Morgan fingerprint density at radius 3 is 2.25 bits per heavy atom. The third-order valence-corrected chi connectivity index (χ3v) is 4.34. The molecule has 0 radical (unpaired) electrons. The van der Waals surface area contributed by atoms with Gasteiger partial charge in [-0.05, 0) is 53.4 Å². The van der Waals surface area contributed by atoms with Crippen molar-refractivity contribution in [3.05, 3.63) is 90.0 Å². The Labute approximate surface area is 168 Å². The molecule has 0 saturated carbocycles. The molecule has 3 aromatic carbocycles. The van der Waals surface area contributed by atoms with Crippen LogP contribution in [0.25, 0.3) is 0 Å². The van der Waals surface area contributed by atoms with E-state index in [4.69, 9.17) is 9.47 Å². The lowest BCUT2D eigenvalue weighted by molar-refractivity contribution is 0.271. The van der Waals surface area contributed by atoms with Crippen molar-refractivity contribution in [3.8, 4) is 11.5 Å². The van der Waals surface area contributed by atoms with E-state index in [1.54, 1.807) is 0 Å². The fraction of sp³-hybridized carbons (Fsp3) is 0.280. The van der Waals surface area contributed by atoms with Crippen LogP contribution in [0.4, 0.5) is 5.69 Å². The first-order valence-electron chi connectivity index (χ1n) is 9.91. The topological polar surface area (TPSA) is 30.5 Å². The van der Waals surface area contributed by atoms with Gasteiger partial charge in [0.2, 0.25) is 0 Å². The first-order chi connectivity index (χ1) is 13.7. The maximum Gasteiger partial charge on any atom is 0.119 e. The summed E-state index contributed by atoms with van der Waals surface area (Å²) in [7, 11) is 0. The van der Waals surface area contributed by atoms with E-state index in [1.807, 2.05) is 30.3 Å². The van der Waals surface area contributed by atoms with Gasteiger partial charge in [-0.3, -0.25) is 0 Å². The van der Waals surface area contributed by atoms with E-state index in [1.165, 1.54) is 11.1 Å². The average molecular weight is 376 g/mol. The molecule has 0 atom stereocenters. The summed E-state index contributed by atoms with van der Waals surface area (Å²) >= 11 is 0. The van der Waals surface area contributed by atoms with Crippen molar-refractivity contribution in [3.63, 3.8) is 0 Å². The highest BCUT2D eigenvalue weighted by atomic mass is 16.5. The molecule has 0 bridgehead atoms. The molecule has 146 valence electrons. The van der Waals surface area contributed by atoms with E-state index in [0.29, 0.717) is 12.5 Å². The Bertz CT molecular complexity index is 829. The van der Waals surface area contributed by atoms with Crippen LogP contribution in [-0.2, 0) is 13.0 Å². The van der Waals surface area contributed by atoms with Crippen LogP contribution in [0.15, 0.2) is 78.9 Å². The molecule has 0 aliphatic carbocycles. The minimum atomic E-state index is 0.523. The van der Waals surface area contributed by atoms with Gasteiger partial charge in [0.1, 0.15) is 11.5 Å². The third kappa shape index (κ3) is 6.66. The fourth-order valence-corrected chi connectivity index (χ4v) is 2.81. The molecule has 0 unspecified atom stereocenters. The van der Waals surface area contributed by atoms with Crippen LogP contribution in [0.5, 0.6) is 11.5 Å². The summed E-state index contributed by atoms with van der Waals surface area (Å²) in [5, 5.41) is 3.45. The van der Waals surface area contributed by atoms with E-state index >= 15 is 0 Å². The zero-order valence-corrected chi connectivity index (χ0v) is 16.7. The van der Waals surface area contributed by atoms with Gasteiger partial charge >= 0.3 is 0 Å². The van der Waals surface area contributed by atoms with Crippen molar-refractivity contribution < 1.29 is 9.47 Å². The molecule has 0 spiro atoms. The molecule has 0 fully saturated rings. The van der Waals surface area contributed by atoms with Crippen LogP contribution in [0.2, 0.25) is 0 Å². The zero-order chi connectivity index (χ0) is 19.6. The summed E-state index contributed by atoms with van der Waals surface area (Å²) in [6.07, 6.45) is 0.913. The Kier molecular flexibility index (Phi) is 7.36. The standard InChI is InChI=1S/C25H29NO2/c1-20(2)19-28-25-10-6-9-22(17-25)18-26-23-11-13-24(14-12-23)27-16-15-21-7-4-3-5-8-21/h3-14,17,20,26H,15-16,18-19H2,1-2H3. The number of anilines is 1. The largest absolute Gasteiger partial charge is 0.493 e. The summed E-state index contributed by atoms with van der Waals surface area (Å²) < 4.78 is 11.6. The zero-order valence-electron chi connectivity index (χ0n) is 16.7. The van der Waals surface area contributed by atoms with Crippen molar-refractivity contribution in [1.82, 2.24) is 0 Å². The van der Waals surface area contributed by atoms with Gasteiger partial charge in [0.05, 0.1) is 13.2 Å². The van der Waals surface area contributed by atoms with E-state index in [2.05, 4.69) is 67.7 Å². The van der Waals surface area contributed by atoms with Crippen LogP contribution in [0.3, 0.4) is 0 Å². The van der Waals surface area contributed by atoms with E-state index in [0.717, 1.165) is 36.8 Å². The average Bonchev–Trinajstić information content (AvgIpc) is 2.73. The Balaban J connectivity index is 1.44. The van der Waals surface area contributed by atoms with Gasteiger partial charge in [0.15, 0.2) is 0 Å². The highest BCUT2D eigenvalue weighted by Gasteiger charge is 2.01. The van der Waals surface area contributed by atoms with Gasteiger partial charge in [-0.2, -0.15) is 0 Å². The van der Waals surface area contributed by atoms with Crippen molar-refractivity contribution in [2.75, 3.05) is 18.5 Å². The second-order valence-electron chi connectivity index (χ2n) is 7.31. The summed E-state index contributed by atoms with van der Waals surface area (Å²) in [5.41, 5.74) is 3.56. The molecule has 0 aromatic heterocycles. The number of hydrogen-bond donors (Lipinski definition) is 1. The number of ether oxygens (including phenoxy) is 2. The predicted octanol–water partition coefficient (Wildman–Crippen LogP) is 5.96.